The zero-order chi connectivity index (χ0) is 9.94. The van der Waals surface area contributed by atoms with Gasteiger partial charge < -0.3 is 4.74 Å². The molecule has 0 N–H and O–H groups in total. The average molecular weight is 187 g/mol. The van der Waals surface area contributed by atoms with Gasteiger partial charge in [0, 0.05) is 6.61 Å². The lowest BCUT2D eigenvalue weighted by atomic mass is 10.1. The van der Waals surface area contributed by atoms with Crippen molar-refractivity contribution < 1.29 is 4.74 Å². The van der Waals surface area contributed by atoms with Crippen molar-refractivity contribution in [2.45, 2.75) is 45.4 Å². The molecule has 0 amide bonds. The van der Waals surface area contributed by atoms with Crippen LogP contribution in [0, 0.1) is 0 Å². The van der Waals surface area contributed by atoms with Gasteiger partial charge in [-0.1, -0.05) is 39.0 Å². The Morgan fingerprint density at radius 2 is 1.54 bits per heavy atom. The minimum atomic E-state index is 0.759. The molecule has 0 saturated heterocycles. The van der Waals surface area contributed by atoms with Gasteiger partial charge in [-0.25, -0.2) is 0 Å². The fourth-order valence-electron chi connectivity index (χ4n) is 1.23. The third kappa shape index (κ3) is 11.9. The van der Waals surface area contributed by atoms with Crippen LogP contribution in [0.25, 0.3) is 0 Å². The molecule has 0 unspecified atom stereocenters. The number of unbranched alkanes of at least 4 members (excludes halogenated alkanes) is 5. The summed E-state index contributed by atoms with van der Waals surface area (Å²) in [5.41, 5.74) is 0. The number of ether oxygens (including phenoxy) is 1. The van der Waals surface area contributed by atoms with Crippen LogP contribution in [-0.4, -0.2) is 32.3 Å². The number of hydrogen-bond acceptors (Lipinski definition) is 2. The van der Waals surface area contributed by atoms with Gasteiger partial charge in [-0.05, 0) is 20.5 Å². The Bertz CT molecular complexity index is 94.1. The quantitative estimate of drug-likeness (QED) is 0.406. The van der Waals surface area contributed by atoms with Gasteiger partial charge in [-0.2, -0.15) is 0 Å². The lowest BCUT2D eigenvalue weighted by Crippen LogP contribution is -2.16. The van der Waals surface area contributed by atoms with Gasteiger partial charge in [0.15, 0.2) is 0 Å². The maximum absolute atomic E-state index is 5.43. The SMILES string of the molecule is CCCCCCCCOCN(C)C. The van der Waals surface area contributed by atoms with Gasteiger partial charge in [-0.15, -0.1) is 0 Å². The van der Waals surface area contributed by atoms with E-state index in [9.17, 15) is 0 Å². The van der Waals surface area contributed by atoms with Crippen LogP contribution in [-0.2, 0) is 4.74 Å². The van der Waals surface area contributed by atoms with E-state index in [0.29, 0.717) is 0 Å². The molecular formula is C11H25NO. The van der Waals surface area contributed by atoms with E-state index in [-0.39, 0.29) is 0 Å². The standard InChI is InChI=1S/C11H25NO/c1-4-5-6-7-8-9-10-13-11-12(2)3/h4-11H2,1-3H3. The molecule has 0 aliphatic heterocycles. The topological polar surface area (TPSA) is 12.5 Å². The summed E-state index contributed by atoms with van der Waals surface area (Å²) in [7, 11) is 4.06. The van der Waals surface area contributed by atoms with Crippen molar-refractivity contribution in [3.63, 3.8) is 0 Å². The summed E-state index contributed by atoms with van der Waals surface area (Å²) in [5.74, 6) is 0. The second kappa shape index (κ2) is 10.0. The summed E-state index contributed by atoms with van der Waals surface area (Å²) in [4.78, 5) is 2.05. The number of hydrogen-bond donors (Lipinski definition) is 0. The third-order valence-corrected chi connectivity index (χ3v) is 1.99. The molecule has 0 heterocycles. The molecule has 0 aromatic rings. The fraction of sp³-hybridized carbons (Fsp3) is 1.00. The smallest absolute Gasteiger partial charge is 0.0985 e. The van der Waals surface area contributed by atoms with Gasteiger partial charge in [0.2, 0.25) is 0 Å². The molecule has 0 rings (SSSR count). The Morgan fingerprint density at radius 3 is 2.15 bits per heavy atom. The number of rotatable bonds is 9. The Morgan fingerprint density at radius 1 is 0.923 bits per heavy atom. The van der Waals surface area contributed by atoms with E-state index >= 15 is 0 Å². The molecule has 0 bridgehead atoms. The molecule has 2 heteroatoms. The minimum absolute atomic E-state index is 0.759. The summed E-state index contributed by atoms with van der Waals surface area (Å²) in [6.07, 6.45) is 8.03. The predicted octanol–water partition coefficient (Wildman–Crippen LogP) is 2.88. The summed E-state index contributed by atoms with van der Waals surface area (Å²) in [6.45, 7) is 3.93. The molecule has 0 fully saturated rings. The molecule has 0 saturated carbocycles. The molecule has 80 valence electrons. The Hall–Kier alpha value is -0.0800. The molecule has 0 atom stereocenters. The van der Waals surface area contributed by atoms with Crippen molar-refractivity contribution in [2.75, 3.05) is 27.4 Å². The van der Waals surface area contributed by atoms with Crippen LogP contribution in [0.2, 0.25) is 0 Å². The van der Waals surface area contributed by atoms with E-state index < -0.39 is 0 Å². The maximum Gasteiger partial charge on any atom is 0.0985 e. The van der Waals surface area contributed by atoms with Crippen LogP contribution >= 0.6 is 0 Å². The lowest BCUT2D eigenvalue weighted by molar-refractivity contribution is 0.0539. The molecule has 0 aliphatic rings. The highest BCUT2D eigenvalue weighted by Gasteiger charge is 1.91. The normalized spacial score (nSPS) is 11.1. The van der Waals surface area contributed by atoms with E-state index in [0.717, 1.165) is 13.3 Å². The van der Waals surface area contributed by atoms with Gasteiger partial charge >= 0.3 is 0 Å². The summed E-state index contributed by atoms with van der Waals surface area (Å²) >= 11 is 0. The molecule has 13 heavy (non-hydrogen) atoms. The van der Waals surface area contributed by atoms with Gasteiger partial charge in [-0.3, -0.25) is 4.90 Å². The zero-order valence-electron chi connectivity index (χ0n) is 9.51. The Labute approximate surface area is 83.3 Å². The van der Waals surface area contributed by atoms with Gasteiger partial charge in [0.25, 0.3) is 0 Å². The predicted molar refractivity (Wildman–Crippen MR) is 57.9 cm³/mol. The third-order valence-electron chi connectivity index (χ3n) is 1.99. The van der Waals surface area contributed by atoms with E-state index in [2.05, 4.69) is 11.8 Å². The van der Waals surface area contributed by atoms with E-state index in [1.807, 2.05) is 14.1 Å². The maximum atomic E-state index is 5.43. The first kappa shape index (κ1) is 12.9. The monoisotopic (exact) mass is 187 g/mol. The lowest BCUT2D eigenvalue weighted by Gasteiger charge is -2.09. The number of nitrogens with zero attached hydrogens (tertiary/aromatic N) is 1. The molecule has 0 aliphatic carbocycles. The van der Waals surface area contributed by atoms with E-state index in [1.165, 1.54) is 38.5 Å². The Balaban J connectivity index is 2.84. The van der Waals surface area contributed by atoms with Crippen LogP contribution in [0.3, 0.4) is 0 Å². The first-order chi connectivity index (χ1) is 6.27. The van der Waals surface area contributed by atoms with Crippen molar-refractivity contribution in [3.8, 4) is 0 Å². The summed E-state index contributed by atoms with van der Waals surface area (Å²) in [6, 6.07) is 0. The molecule has 0 radical (unpaired) electrons. The Kier molecular flexibility index (Phi) is 9.94. The highest BCUT2D eigenvalue weighted by Crippen LogP contribution is 2.04. The zero-order valence-corrected chi connectivity index (χ0v) is 9.51. The van der Waals surface area contributed by atoms with Crippen molar-refractivity contribution in [1.82, 2.24) is 4.90 Å². The van der Waals surface area contributed by atoms with E-state index in [1.54, 1.807) is 0 Å². The first-order valence-corrected chi connectivity index (χ1v) is 5.50. The van der Waals surface area contributed by atoms with Crippen molar-refractivity contribution in [2.24, 2.45) is 0 Å². The van der Waals surface area contributed by atoms with E-state index in [4.69, 9.17) is 4.74 Å². The largest absolute Gasteiger partial charge is 0.366 e. The van der Waals surface area contributed by atoms with Gasteiger partial charge in [0.05, 0.1) is 6.73 Å². The van der Waals surface area contributed by atoms with Crippen LogP contribution in [0.5, 0.6) is 0 Å². The highest BCUT2D eigenvalue weighted by molar-refractivity contribution is 4.43. The van der Waals surface area contributed by atoms with Crippen molar-refractivity contribution >= 4 is 0 Å². The molecular weight excluding hydrogens is 162 g/mol. The highest BCUT2D eigenvalue weighted by atomic mass is 16.5. The minimum Gasteiger partial charge on any atom is -0.366 e. The second-order valence-corrected chi connectivity index (χ2v) is 3.88. The van der Waals surface area contributed by atoms with Gasteiger partial charge in [0.1, 0.15) is 0 Å². The fourth-order valence-corrected chi connectivity index (χ4v) is 1.23. The van der Waals surface area contributed by atoms with Crippen LogP contribution in [0.15, 0.2) is 0 Å². The molecule has 0 aromatic carbocycles. The molecule has 2 nitrogen and oxygen atoms in total. The average Bonchev–Trinajstić information content (AvgIpc) is 2.09. The first-order valence-electron chi connectivity index (χ1n) is 5.50. The van der Waals surface area contributed by atoms with Crippen LogP contribution in [0.1, 0.15) is 45.4 Å². The molecule has 0 spiro atoms. The van der Waals surface area contributed by atoms with Crippen LogP contribution in [0.4, 0.5) is 0 Å². The summed E-state index contributed by atoms with van der Waals surface area (Å²) < 4.78 is 5.43. The summed E-state index contributed by atoms with van der Waals surface area (Å²) in [5, 5.41) is 0. The van der Waals surface area contributed by atoms with Crippen molar-refractivity contribution in [1.29, 1.82) is 0 Å². The molecule has 0 aromatic heterocycles. The van der Waals surface area contributed by atoms with Crippen LogP contribution < -0.4 is 0 Å². The second-order valence-electron chi connectivity index (χ2n) is 3.88. The van der Waals surface area contributed by atoms with Crippen molar-refractivity contribution in [3.05, 3.63) is 0 Å².